The number of benzene rings is 2. The van der Waals surface area contributed by atoms with E-state index in [1.54, 1.807) is 18.7 Å². The Morgan fingerprint density at radius 3 is 2.92 bits per heavy atom. The molecule has 0 bridgehead atoms. The van der Waals surface area contributed by atoms with E-state index in [4.69, 9.17) is 5.48 Å². The lowest BCUT2D eigenvalue weighted by atomic mass is 10.1. The Bertz CT molecular complexity index is 1290. The number of hydrogen-bond donors (Lipinski definition) is 0. The smallest absolute Gasteiger partial charge is 0.173 e. The molecule has 0 saturated carbocycles. The minimum absolute atomic E-state index is 0.126. The van der Waals surface area contributed by atoms with Crippen LogP contribution in [0.4, 0.5) is 4.39 Å². The van der Waals surface area contributed by atoms with Crippen LogP contribution in [0.25, 0.3) is 22.2 Å². The van der Waals surface area contributed by atoms with Crippen LogP contribution < -0.4 is 0 Å². The van der Waals surface area contributed by atoms with Crippen molar-refractivity contribution in [3.05, 3.63) is 78.3 Å². The molecule has 0 aliphatic heterocycles. The molecule has 2 aromatic carbocycles. The van der Waals surface area contributed by atoms with Crippen LogP contribution in [0, 0.1) is 5.82 Å². The molecule has 2 aromatic heterocycles. The predicted octanol–water partition coefficient (Wildman–Crippen LogP) is 3.59. The van der Waals surface area contributed by atoms with Crippen LogP contribution in [-0.4, -0.2) is 25.3 Å². The zero-order valence-corrected chi connectivity index (χ0v) is 13.7. The van der Waals surface area contributed by atoms with E-state index in [9.17, 15) is 9.18 Å². The Labute approximate surface area is 154 Å². The summed E-state index contributed by atoms with van der Waals surface area (Å²) in [5.74, 6) is -1.96. The molecule has 26 heavy (non-hydrogen) atoms. The van der Waals surface area contributed by atoms with Crippen LogP contribution in [0.5, 0.6) is 0 Å². The largest absolute Gasteiger partial charge is 0.334 e. The Kier molecular flexibility index (Phi) is 3.00. The van der Waals surface area contributed by atoms with Crippen molar-refractivity contribution < 1.29 is 14.7 Å². The van der Waals surface area contributed by atoms with E-state index in [0.717, 1.165) is 16.6 Å². The summed E-state index contributed by atoms with van der Waals surface area (Å²) in [6.07, 6.45) is 4.55. The topological polar surface area (TPSA) is 60.7 Å². The highest BCUT2D eigenvalue weighted by Crippen LogP contribution is 2.22. The molecule has 2 heterocycles. The molecule has 5 nitrogen and oxygen atoms in total. The van der Waals surface area contributed by atoms with Gasteiger partial charge in [0.15, 0.2) is 5.78 Å². The summed E-state index contributed by atoms with van der Waals surface area (Å²) < 4.78 is 46.8. The second-order valence-electron chi connectivity index (χ2n) is 5.74. The number of halogens is 1. The van der Waals surface area contributed by atoms with Gasteiger partial charge in [-0.2, -0.15) is 0 Å². The van der Waals surface area contributed by atoms with E-state index in [-0.39, 0.29) is 5.82 Å². The van der Waals surface area contributed by atoms with Gasteiger partial charge < -0.3 is 4.57 Å². The van der Waals surface area contributed by atoms with Gasteiger partial charge in [0.1, 0.15) is 11.6 Å². The van der Waals surface area contributed by atoms with Crippen molar-refractivity contribution in [1.82, 2.24) is 19.5 Å². The lowest BCUT2D eigenvalue weighted by molar-refractivity contribution is 0.0987. The van der Waals surface area contributed by atoms with Crippen LogP contribution in [0.1, 0.15) is 21.7 Å². The molecular weight excluding hydrogens is 331 g/mol. The summed E-state index contributed by atoms with van der Waals surface area (Å²) in [4.78, 5) is 25.2. The first-order chi connectivity index (χ1) is 14.3. The van der Waals surface area contributed by atoms with Crippen molar-refractivity contribution in [2.24, 2.45) is 7.05 Å². The third-order valence-corrected chi connectivity index (χ3v) is 3.98. The number of carbonyl (C=O) groups excluding carboxylic acids is 1. The SMILES string of the molecule is [2H]c1c([2H])c([2H])c(C(=O)Cc2ncc3ccc(-c4cncn4C)cc3n2)c(F)c1[2H]. The number of rotatable bonds is 4. The van der Waals surface area contributed by atoms with Gasteiger partial charge in [-0.05, 0) is 18.2 Å². The molecule has 0 amide bonds. The first-order valence-electron chi connectivity index (χ1n) is 9.79. The van der Waals surface area contributed by atoms with Crippen LogP contribution in [-0.2, 0) is 13.5 Å². The van der Waals surface area contributed by atoms with E-state index in [2.05, 4.69) is 15.0 Å². The summed E-state index contributed by atoms with van der Waals surface area (Å²) in [6, 6.07) is 2.61. The highest BCUT2D eigenvalue weighted by Gasteiger charge is 2.14. The highest BCUT2D eigenvalue weighted by atomic mass is 19.1. The van der Waals surface area contributed by atoms with E-state index in [1.807, 2.05) is 29.8 Å². The second kappa shape index (κ2) is 6.48. The maximum atomic E-state index is 14.4. The molecule has 0 N–H and O–H groups in total. The molecule has 0 fully saturated rings. The first kappa shape index (κ1) is 12.0. The van der Waals surface area contributed by atoms with Crippen molar-refractivity contribution in [3.8, 4) is 11.3 Å². The molecule has 0 aliphatic carbocycles. The number of nitrogens with zero attached hydrogens (tertiary/aromatic N) is 4. The minimum Gasteiger partial charge on any atom is -0.334 e. The van der Waals surface area contributed by atoms with Gasteiger partial charge in [-0.15, -0.1) is 0 Å². The molecule has 0 saturated heterocycles. The maximum absolute atomic E-state index is 14.4. The minimum atomic E-state index is -1.27. The number of fused-ring (bicyclic) bond motifs is 1. The standard InChI is InChI=1S/C20H15FN4O/c1-25-12-22-11-18(25)13-6-7-14-10-23-20(24-17(14)8-13)9-19(26)15-4-2-3-5-16(15)21/h2-8,10-12H,9H2,1H3/i2D,3D,4D,5D. The maximum Gasteiger partial charge on any atom is 0.173 e. The molecule has 0 aliphatic rings. The van der Waals surface area contributed by atoms with E-state index in [1.165, 1.54) is 0 Å². The van der Waals surface area contributed by atoms with Gasteiger partial charge >= 0.3 is 0 Å². The van der Waals surface area contributed by atoms with Gasteiger partial charge in [0.25, 0.3) is 0 Å². The molecule has 0 spiro atoms. The van der Waals surface area contributed by atoms with Crippen LogP contribution in [0.15, 0.2) is 61.1 Å². The summed E-state index contributed by atoms with van der Waals surface area (Å²) in [5.41, 5.74) is 1.66. The number of carbonyl (C=O) groups is 1. The number of hydrogen-bond acceptors (Lipinski definition) is 4. The Morgan fingerprint density at radius 2 is 2.12 bits per heavy atom. The van der Waals surface area contributed by atoms with Gasteiger partial charge in [0, 0.05) is 24.2 Å². The molecule has 128 valence electrons. The van der Waals surface area contributed by atoms with Gasteiger partial charge in [-0.1, -0.05) is 24.2 Å². The Hall–Kier alpha value is -3.41. The van der Waals surface area contributed by atoms with Crippen LogP contribution in [0.3, 0.4) is 0 Å². The number of Topliss-reactive ketones (excluding diaryl/α,β-unsaturated/α-hetero) is 1. The molecule has 0 unspecified atom stereocenters. The zero-order chi connectivity index (χ0) is 21.6. The molecule has 4 rings (SSSR count). The fourth-order valence-corrected chi connectivity index (χ4v) is 2.66. The lowest BCUT2D eigenvalue weighted by Crippen LogP contribution is -2.09. The first-order valence-corrected chi connectivity index (χ1v) is 7.79. The van der Waals surface area contributed by atoms with E-state index >= 15 is 0 Å². The predicted molar refractivity (Wildman–Crippen MR) is 96.2 cm³/mol. The molecule has 0 atom stereocenters. The van der Waals surface area contributed by atoms with Gasteiger partial charge in [0.05, 0.1) is 41.2 Å². The summed E-state index contributed by atoms with van der Waals surface area (Å²) >= 11 is 0. The molecule has 0 radical (unpaired) electrons. The summed E-state index contributed by atoms with van der Waals surface area (Å²) in [5, 5.41) is 0.755. The van der Waals surface area contributed by atoms with Crippen molar-refractivity contribution in [2.45, 2.75) is 6.42 Å². The fraction of sp³-hybridized carbons (Fsp3) is 0.100. The van der Waals surface area contributed by atoms with E-state index < -0.39 is 47.8 Å². The van der Waals surface area contributed by atoms with Gasteiger partial charge in [0.2, 0.25) is 0 Å². The third kappa shape index (κ3) is 2.97. The van der Waals surface area contributed by atoms with Crippen LogP contribution >= 0.6 is 0 Å². The third-order valence-electron chi connectivity index (χ3n) is 3.98. The normalized spacial score (nSPS) is 13.2. The van der Waals surface area contributed by atoms with Gasteiger partial charge in [-0.3, -0.25) is 4.79 Å². The Balaban J connectivity index is 1.71. The lowest BCUT2D eigenvalue weighted by Gasteiger charge is -2.06. The number of aromatic nitrogens is 4. The number of ketones is 1. The summed E-state index contributed by atoms with van der Waals surface area (Å²) in [7, 11) is 1.87. The fourth-order valence-electron chi connectivity index (χ4n) is 2.66. The van der Waals surface area contributed by atoms with Crippen LogP contribution in [0.2, 0.25) is 0 Å². The van der Waals surface area contributed by atoms with Crippen molar-refractivity contribution in [1.29, 1.82) is 0 Å². The average Bonchev–Trinajstić information content (AvgIpc) is 3.16. The summed E-state index contributed by atoms with van der Waals surface area (Å²) in [6.45, 7) is 0. The quantitative estimate of drug-likeness (QED) is 0.528. The number of imidazole rings is 1. The van der Waals surface area contributed by atoms with Crippen molar-refractivity contribution in [3.63, 3.8) is 0 Å². The Morgan fingerprint density at radius 1 is 1.27 bits per heavy atom. The van der Waals surface area contributed by atoms with E-state index in [0.29, 0.717) is 5.52 Å². The molecule has 4 aromatic rings. The van der Waals surface area contributed by atoms with Gasteiger partial charge in [-0.25, -0.2) is 19.3 Å². The highest BCUT2D eigenvalue weighted by molar-refractivity contribution is 5.97. The van der Waals surface area contributed by atoms with Crippen molar-refractivity contribution >= 4 is 16.7 Å². The van der Waals surface area contributed by atoms with Crippen molar-refractivity contribution in [2.75, 3.05) is 0 Å². The molecular formula is C20H15FN4O. The number of aryl methyl sites for hydroxylation is 1. The monoisotopic (exact) mass is 350 g/mol. The molecule has 6 heteroatoms. The average molecular weight is 350 g/mol. The second-order valence-corrected chi connectivity index (χ2v) is 5.74. The zero-order valence-electron chi connectivity index (χ0n) is 17.7.